The molecule has 0 saturated carbocycles. The van der Waals surface area contributed by atoms with Crippen molar-refractivity contribution in [1.82, 2.24) is 0 Å². The molecule has 0 spiro atoms. The van der Waals surface area contributed by atoms with E-state index in [1.54, 1.807) is 6.92 Å². The fraction of sp³-hybridized carbons (Fsp3) is 1.00. The van der Waals surface area contributed by atoms with Crippen molar-refractivity contribution in [3.05, 3.63) is 0 Å². The standard InChI is InChI=1S/C12H21NO8S/c1-7-3-16-9-5-18-12(6-19-22(13,14)15)11(10(9)20-7)17-4-8(2)21-12/h7-11H,3-6H2,1-2H3,(H2,13,14,15)/t7?,8?,9-,10-,11+,12+/m1/s1. The molecule has 2 N–H and O–H groups in total. The maximum absolute atomic E-state index is 11.1. The molecule has 2 unspecified atom stereocenters. The summed E-state index contributed by atoms with van der Waals surface area (Å²) in [7, 11) is -4.12. The van der Waals surface area contributed by atoms with E-state index in [0.717, 1.165) is 0 Å². The number of rotatable bonds is 3. The lowest BCUT2D eigenvalue weighted by atomic mass is 9.94. The minimum Gasteiger partial charge on any atom is -0.370 e. The second-order valence-corrected chi connectivity index (χ2v) is 7.06. The quantitative estimate of drug-likeness (QED) is 0.689. The molecule has 0 bridgehead atoms. The van der Waals surface area contributed by atoms with Gasteiger partial charge in [0.05, 0.1) is 32.0 Å². The molecule has 0 aromatic rings. The predicted molar refractivity (Wildman–Crippen MR) is 72.1 cm³/mol. The van der Waals surface area contributed by atoms with Gasteiger partial charge in [-0.1, -0.05) is 0 Å². The van der Waals surface area contributed by atoms with Crippen molar-refractivity contribution in [3.63, 3.8) is 0 Å². The first-order valence-corrected chi connectivity index (χ1v) is 8.64. The molecule has 0 amide bonds. The molecule has 22 heavy (non-hydrogen) atoms. The summed E-state index contributed by atoms with van der Waals surface area (Å²) < 4.78 is 55.9. The van der Waals surface area contributed by atoms with Gasteiger partial charge in [0.1, 0.15) is 24.9 Å². The zero-order valence-electron chi connectivity index (χ0n) is 12.5. The first-order chi connectivity index (χ1) is 10.3. The fourth-order valence-electron chi connectivity index (χ4n) is 2.97. The zero-order chi connectivity index (χ0) is 16.0. The summed E-state index contributed by atoms with van der Waals surface area (Å²) in [6, 6.07) is 0. The van der Waals surface area contributed by atoms with Gasteiger partial charge in [0, 0.05) is 0 Å². The highest BCUT2D eigenvalue weighted by Gasteiger charge is 2.58. The third-order valence-corrected chi connectivity index (χ3v) is 4.31. The lowest BCUT2D eigenvalue weighted by Gasteiger charge is -2.53. The molecule has 10 heteroatoms. The van der Waals surface area contributed by atoms with E-state index < -0.39 is 34.9 Å². The van der Waals surface area contributed by atoms with E-state index >= 15 is 0 Å². The normalized spacial score (nSPS) is 45.9. The molecule has 3 aliphatic heterocycles. The second kappa shape index (κ2) is 5.95. The van der Waals surface area contributed by atoms with E-state index in [2.05, 4.69) is 0 Å². The topological polar surface area (TPSA) is 116 Å². The minimum atomic E-state index is -4.12. The number of hydrogen-bond donors (Lipinski definition) is 1. The predicted octanol–water partition coefficient (Wildman–Crippen LogP) is -1.09. The third kappa shape index (κ3) is 3.29. The van der Waals surface area contributed by atoms with Crippen LogP contribution in [0, 0.1) is 0 Å². The van der Waals surface area contributed by atoms with Crippen LogP contribution in [0.25, 0.3) is 0 Å². The SMILES string of the molecule is CC1CO[C@@H]2CO[C@@]3(COS(N)(=O)=O)OC(C)CO[C@H]3[C@@H]2O1. The molecule has 3 heterocycles. The summed E-state index contributed by atoms with van der Waals surface area (Å²) in [6.45, 7) is 4.28. The van der Waals surface area contributed by atoms with Crippen molar-refractivity contribution < 1.29 is 36.3 Å². The highest BCUT2D eigenvalue weighted by Crippen LogP contribution is 2.38. The monoisotopic (exact) mass is 339 g/mol. The molecule has 128 valence electrons. The molecule has 3 aliphatic rings. The summed E-state index contributed by atoms with van der Waals surface area (Å²) in [5.41, 5.74) is 0. The molecule has 3 saturated heterocycles. The van der Waals surface area contributed by atoms with Crippen LogP contribution in [0.1, 0.15) is 13.8 Å². The van der Waals surface area contributed by atoms with E-state index in [1.807, 2.05) is 6.92 Å². The number of hydrogen-bond acceptors (Lipinski definition) is 8. The molecule has 3 fully saturated rings. The van der Waals surface area contributed by atoms with Crippen molar-refractivity contribution in [1.29, 1.82) is 0 Å². The third-order valence-electron chi connectivity index (χ3n) is 3.86. The average molecular weight is 339 g/mol. The van der Waals surface area contributed by atoms with Crippen LogP contribution in [0.15, 0.2) is 0 Å². The zero-order valence-corrected chi connectivity index (χ0v) is 13.3. The Kier molecular flexibility index (Phi) is 4.47. The van der Waals surface area contributed by atoms with Crippen LogP contribution in [-0.2, 0) is 38.2 Å². The molecule has 0 aliphatic carbocycles. The van der Waals surface area contributed by atoms with Gasteiger partial charge in [0.2, 0.25) is 5.79 Å². The van der Waals surface area contributed by atoms with Gasteiger partial charge in [-0.25, -0.2) is 5.14 Å². The lowest BCUT2D eigenvalue weighted by Crippen LogP contribution is -2.71. The van der Waals surface area contributed by atoms with Gasteiger partial charge in [-0.3, -0.25) is 4.18 Å². The summed E-state index contributed by atoms with van der Waals surface area (Å²) >= 11 is 0. The van der Waals surface area contributed by atoms with Crippen LogP contribution in [0.5, 0.6) is 0 Å². The van der Waals surface area contributed by atoms with Crippen LogP contribution in [-0.4, -0.2) is 71.2 Å². The maximum Gasteiger partial charge on any atom is 0.333 e. The van der Waals surface area contributed by atoms with Crippen molar-refractivity contribution in [2.24, 2.45) is 5.14 Å². The average Bonchev–Trinajstić information content (AvgIpc) is 2.44. The lowest BCUT2D eigenvalue weighted by molar-refractivity contribution is -0.410. The largest absolute Gasteiger partial charge is 0.370 e. The highest BCUT2D eigenvalue weighted by molar-refractivity contribution is 7.84. The van der Waals surface area contributed by atoms with E-state index in [1.165, 1.54) is 0 Å². The number of fused-ring (bicyclic) bond motifs is 3. The Morgan fingerprint density at radius 1 is 1.18 bits per heavy atom. The van der Waals surface area contributed by atoms with Crippen LogP contribution >= 0.6 is 0 Å². The van der Waals surface area contributed by atoms with Crippen molar-refractivity contribution in [2.45, 2.75) is 50.2 Å². The van der Waals surface area contributed by atoms with Gasteiger partial charge in [-0.15, -0.1) is 0 Å². The van der Waals surface area contributed by atoms with Crippen LogP contribution in [0.3, 0.4) is 0 Å². The second-order valence-electron chi connectivity index (χ2n) is 5.84. The van der Waals surface area contributed by atoms with E-state index in [4.69, 9.17) is 33.0 Å². The molecule has 9 nitrogen and oxygen atoms in total. The minimum absolute atomic E-state index is 0.0980. The van der Waals surface area contributed by atoms with Gasteiger partial charge in [0.25, 0.3) is 0 Å². The van der Waals surface area contributed by atoms with Crippen molar-refractivity contribution in [3.8, 4) is 0 Å². The Balaban J connectivity index is 1.83. The molecule has 0 aromatic carbocycles. The van der Waals surface area contributed by atoms with E-state index in [-0.39, 0.29) is 24.9 Å². The van der Waals surface area contributed by atoms with Crippen LogP contribution in [0.4, 0.5) is 0 Å². The van der Waals surface area contributed by atoms with Crippen molar-refractivity contribution in [2.75, 3.05) is 26.4 Å². The molecule has 0 radical (unpaired) electrons. The van der Waals surface area contributed by atoms with Gasteiger partial charge in [-0.2, -0.15) is 8.42 Å². The summed E-state index contributed by atoms with van der Waals surface area (Å²) in [5.74, 6) is -1.38. The Morgan fingerprint density at radius 3 is 2.64 bits per heavy atom. The number of nitrogens with two attached hydrogens (primary N) is 1. The molecular formula is C12H21NO8S. The highest BCUT2D eigenvalue weighted by atomic mass is 32.2. The Morgan fingerprint density at radius 2 is 1.91 bits per heavy atom. The van der Waals surface area contributed by atoms with Crippen LogP contribution < -0.4 is 5.14 Å². The van der Waals surface area contributed by atoms with Crippen molar-refractivity contribution >= 4 is 10.3 Å². The summed E-state index contributed by atoms with van der Waals surface area (Å²) in [5, 5.41) is 4.90. The Labute approximate surface area is 129 Å². The summed E-state index contributed by atoms with van der Waals surface area (Å²) in [4.78, 5) is 0. The van der Waals surface area contributed by atoms with Gasteiger partial charge in [0.15, 0.2) is 0 Å². The fourth-order valence-corrected chi connectivity index (χ4v) is 3.30. The number of ether oxygens (including phenoxy) is 5. The molecule has 6 atom stereocenters. The Bertz CT molecular complexity index is 513. The maximum atomic E-state index is 11.1. The van der Waals surface area contributed by atoms with Gasteiger partial charge < -0.3 is 23.7 Å². The first-order valence-electron chi connectivity index (χ1n) is 7.17. The molecule has 3 rings (SSSR count). The smallest absolute Gasteiger partial charge is 0.333 e. The van der Waals surface area contributed by atoms with Crippen LogP contribution in [0.2, 0.25) is 0 Å². The summed E-state index contributed by atoms with van der Waals surface area (Å²) in [6.07, 6.45) is -1.75. The van der Waals surface area contributed by atoms with Gasteiger partial charge >= 0.3 is 10.3 Å². The van der Waals surface area contributed by atoms with E-state index in [0.29, 0.717) is 13.2 Å². The molecular weight excluding hydrogens is 318 g/mol. The van der Waals surface area contributed by atoms with E-state index in [9.17, 15) is 8.42 Å². The first kappa shape index (κ1) is 16.5. The Hall–Kier alpha value is -0.330. The van der Waals surface area contributed by atoms with Gasteiger partial charge in [-0.05, 0) is 13.8 Å². The molecule has 0 aromatic heterocycles.